The van der Waals surface area contributed by atoms with Crippen LogP contribution in [0, 0.1) is 11.6 Å². The number of carbonyl (C=O) groups excluding carboxylic acids is 1. The highest BCUT2D eigenvalue weighted by Crippen LogP contribution is 2.12. The summed E-state index contributed by atoms with van der Waals surface area (Å²) in [4.78, 5) is 13.3. The fraction of sp³-hybridized carbons (Fsp3) is 0.364. The Kier molecular flexibility index (Phi) is 24.1. The summed E-state index contributed by atoms with van der Waals surface area (Å²) in [6.45, 7) is 12.7. The largest absolute Gasteiger partial charge is 0.388 e. The summed E-state index contributed by atoms with van der Waals surface area (Å²) in [5.74, 6) is -1.87. The number of hydrogen-bond donors (Lipinski definition) is 1. The van der Waals surface area contributed by atoms with E-state index in [1.54, 1.807) is 32.3 Å². The lowest BCUT2D eigenvalue weighted by Crippen LogP contribution is -1.90. The number of hydrogen-bond acceptors (Lipinski definition) is 3. The summed E-state index contributed by atoms with van der Waals surface area (Å²) in [6, 6.07) is 3.66. The zero-order valence-corrected chi connectivity index (χ0v) is 17.7. The van der Waals surface area contributed by atoms with Crippen LogP contribution in [0.15, 0.2) is 59.5 Å². The molecule has 3 nitrogen and oxygen atoms in total. The molecule has 1 aromatic carbocycles. The van der Waals surface area contributed by atoms with Crippen molar-refractivity contribution in [1.29, 1.82) is 0 Å². The molecule has 0 aliphatic carbocycles. The molecule has 158 valence electrons. The van der Waals surface area contributed by atoms with Crippen LogP contribution in [0.1, 0.15) is 47.5 Å². The fourth-order valence-corrected chi connectivity index (χ4v) is 1.35. The first-order chi connectivity index (χ1) is 13.4. The lowest BCUT2D eigenvalue weighted by Gasteiger charge is -1.98. The Hall–Kier alpha value is -2.63. The van der Waals surface area contributed by atoms with E-state index in [1.807, 2.05) is 20.8 Å². The maximum Gasteiger partial charge on any atom is 0.160 e. The molecule has 0 aliphatic heterocycles. The first-order valence-corrected chi connectivity index (χ1v) is 9.05. The fourth-order valence-electron chi connectivity index (χ4n) is 1.35. The molecule has 1 rings (SSSR count). The molecule has 0 aliphatic rings. The van der Waals surface area contributed by atoms with Gasteiger partial charge in [0.2, 0.25) is 0 Å². The Labute approximate surface area is 167 Å². The van der Waals surface area contributed by atoms with Crippen molar-refractivity contribution in [2.75, 3.05) is 12.4 Å². The van der Waals surface area contributed by atoms with Gasteiger partial charge < -0.3 is 5.32 Å². The molecule has 0 aromatic heterocycles. The number of halogens is 3. The number of aliphatic imine (C=N–C) groups is 1. The van der Waals surface area contributed by atoms with E-state index < -0.39 is 11.6 Å². The van der Waals surface area contributed by atoms with Crippen LogP contribution in [-0.2, 0) is 4.79 Å². The van der Waals surface area contributed by atoms with Crippen LogP contribution in [0.5, 0.6) is 0 Å². The summed E-state index contributed by atoms with van der Waals surface area (Å²) in [5, 5.41) is 2.69. The second-order valence-corrected chi connectivity index (χ2v) is 4.73. The molecule has 1 N–H and O–H groups in total. The third-order valence-electron chi connectivity index (χ3n) is 2.64. The zero-order valence-electron chi connectivity index (χ0n) is 17.7. The summed E-state index contributed by atoms with van der Waals surface area (Å²) >= 11 is 0. The highest BCUT2D eigenvalue weighted by atomic mass is 19.2. The van der Waals surface area contributed by atoms with Crippen molar-refractivity contribution in [3.63, 3.8) is 0 Å². The first-order valence-electron chi connectivity index (χ1n) is 9.05. The van der Waals surface area contributed by atoms with Crippen molar-refractivity contribution in [1.82, 2.24) is 0 Å². The van der Waals surface area contributed by atoms with Crippen molar-refractivity contribution in [2.45, 2.75) is 47.5 Å². The molecule has 0 bridgehead atoms. The summed E-state index contributed by atoms with van der Waals surface area (Å²) in [7, 11) is 1.65. The summed E-state index contributed by atoms with van der Waals surface area (Å²) in [5.41, 5.74) is 1.04. The Balaban J connectivity index is -0.000000339. The standard InChI is InChI=1S/C9H14FN.C7H7F2N.C4H6O.C2H6/c1-4-6-9(8(3)10)11-7-5-2;1-10-5-2-3-6(8)7(9)4-5;1-2-3-4-5;1-2/h4,7H,1,5-6H2,2-3H3;2-4,10H,1H3;2-4H,1H3;1-2H3/b9-8+,11-7?;;3-2+;. The molecule has 0 radical (unpaired) electrons. The van der Waals surface area contributed by atoms with Crippen molar-refractivity contribution >= 4 is 18.2 Å². The number of anilines is 1. The van der Waals surface area contributed by atoms with Gasteiger partial charge in [-0.3, -0.25) is 9.79 Å². The number of nitrogens with one attached hydrogen (secondary N) is 1. The van der Waals surface area contributed by atoms with Crippen LogP contribution < -0.4 is 5.32 Å². The number of carbonyl (C=O) groups is 1. The maximum absolute atomic E-state index is 12.6. The molecule has 0 saturated heterocycles. The predicted molar refractivity (Wildman–Crippen MR) is 116 cm³/mol. The predicted octanol–water partition coefficient (Wildman–Crippen LogP) is 7.04. The molecule has 28 heavy (non-hydrogen) atoms. The van der Waals surface area contributed by atoms with Gasteiger partial charge in [0, 0.05) is 25.4 Å². The summed E-state index contributed by atoms with van der Waals surface area (Å²) < 4.78 is 37.2. The molecule has 0 heterocycles. The number of aldehydes is 1. The van der Waals surface area contributed by atoms with Crippen LogP contribution in [0.2, 0.25) is 0 Å². The van der Waals surface area contributed by atoms with Crippen LogP contribution in [0.4, 0.5) is 18.9 Å². The molecule has 1 aromatic rings. The molecule has 0 spiro atoms. The Morgan fingerprint density at radius 3 is 2.18 bits per heavy atom. The van der Waals surface area contributed by atoms with Crippen LogP contribution >= 0.6 is 0 Å². The highest BCUT2D eigenvalue weighted by Gasteiger charge is 1.99. The lowest BCUT2D eigenvalue weighted by molar-refractivity contribution is -0.104. The second-order valence-electron chi connectivity index (χ2n) is 4.73. The van der Waals surface area contributed by atoms with Gasteiger partial charge in [0.1, 0.15) is 12.1 Å². The molecule has 0 amide bonds. The van der Waals surface area contributed by atoms with Gasteiger partial charge in [-0.15, -0.1) is 6.58 Å². The lowest BCUT2D eigenvalue weighted by atomic mass is 10.3. The Morgan fingerprint density at radius 1 is 1.25 bits per heavy atom. The first kappa shape index (κ1) is 30.1. The van der Waals surface area contributed by atoms with Crippen molar-refractivity contribution < 1.29 is 18.0 Å². The Bertz CT molecular complexity index is 620. The van der Waals surface area contributed by atoms with Gasteiger partial charge in [-0.2, -0.15) is 0 Å². The summed E-state index contributed by atoms with van der Waals surface area (Å²) in [6.07, 6.45) is 8.55. The van der Waals surface area contributed by atoms with E-state index in [9.17, 15) is 18.0 Å². The minimum atomic E-state index is -0.827. The second kappa shape index (κ2) is 22.4. The van der Waals surface area contributed by atoms with E-state index in [0.29, 0.717) is 17.8 Å². The van der Waals surface area contributed by atoms with E-state index in [2.05, 4.69) is 16.9 Å². The van der Waals surface area contributed by atoms with Crippen LogP contribution in [-0.4, -0.2) is 19.5 Å². The van der Waals surface area contributed by atoms with Gasteiger partial charge in [-0.25, -0.2) is 13.2 Å². The topological polar surface area (TPSA) is 41.5 Å². The van der Waals surface area contributed by atoms with Gasteiger partial charge in [0.25, 0.3) is 0 Å². The number of rotatable bonds is 6. The molecule has 0 unspecified atom stereocenters. The SMILES string of the molecule is C/C=C/C=O.C=CC/C(N=CCC)=C(/C)F.CC.CNc1ccc(F)c(F)c1. The van der Waals surface area contributed by atoms with Gasteiger partial charge in [-0.1, -0.05) is 32.9 Å². The molecule has 0 fully saturated rings. The van der Waals surface area contributed by atoms with E-state index in [0.717, 1.165) is 24.8 Å². The average Bonchev–Trinajstić information content (AvgIpc) is 2.70. The normalized spacial score (nSPS) is 10.5. The average molecular weight is 399 g/mol. The maximum atomic E-state index is 12.6. The van der Waals surface area contributed by atoms with Crippen LogP contribution in [0.3, 0.4) is 0 Å². The Morgan fingerprint density at radius 2 is 1.86 bits per heavy atom. The van der Waals surface area contributed by atoms with E-state index >= 15 is 0 Å². The monoisotopic (exact) mass is 398 g/mol. The number of benzene rings is 1. The molecule has 0 atom stereocenters. The third-order valence-corrected chi connectivity index (χ3v) is 2.64. The minimum absolute atomic E-state index is 0.227. The van der Waals surface area contributed by atoms with E-state index in [4.69, 9.17) is 0 Å². The number of nitrogens with zero attached hydrogens (tertiary/aromatic N) is 1. The van der Waals surface area contributed by atoms with Gasteiger partial charge in [-0.05, 0) is 44.5 Å². The molecule has 6 heteroatoms. The minimum Gasteiger partial charge on any atom is -0.388 e. The van der Waals surface area contributed by atoms with Crippen molar-refractivity contribution in [3.05, 3.63) is 66.2 Å². The van der Waals surface area contributed by atoms with Gasteiger partial charge in [0.15, 0.2) is 11.6 Å². The molecular formula is C22H33F3N2O. The highest BCUT2D eigenvalue weighted by molar-refractivity contribution is 5.64. The van der Waals surface area contributed by atoms with Crippen LogP contribution in [0.25, 0.3) is 0 Å². The van der Waals surface area contributed by atoms with Gasteiger partial charge in [0.05, 0.1) is 5.70 Å². The molecule has 0 saturated carbocycles. The van der Waals surface area contributed by atoms with E-state index in [-0.39, 0.29) is 5.83 Å². The number of allylic oxidation sites excluding steroid dienone is 4. The third kappa shape index (κ3) is 18.2. The van der Waals surface area contributed by atoms with E-state index in [1.165, 1.54) is 19.1 Å². The quantitative estimate of drug-likeness (QED) is 0.242. The van der Waals surface area contributed by atoms with Gasteiger partial charge >= 0.3 is 0 Å². The smallest absolute Gasteiger partial charge is 0.160 e. The molecular weight excluding hydrogens is 365 g/mol. The van der Waals surface area contributed by atoms with Crippen molar-refractivity contribution in [2.24, 2.45) is 4.99 Å². The zero-order chi connectivity index (χ0) is 22.4. The van der Waals surface area contributed by atoms with Crippen molar-refractivity contribution in [3.8, 4) is 0 Å².